The summed E-state index contributed by atoms with van der Waals surface area (Å²) in [4.78, 5) is 2.38. The number of nitrogens with zero attached hydrogens (tertiary/aromatic N) is 1. The highest BCUT2D eigenvalue weighted by atomic mass is 15.1. The molecule has 0 amide bonds. The van der Waals surface area contributed by atoms with Gasteiger partial charge in [0.25, 0.3) is 0 Å². The number of rotatable bonds is 3. The molecule has 0 unspecified atom stereocenters. The number of hydrogen-bond acceptors (Lipinski definition) is 1. The van der Waals surface area contributed by atoms with E-state index in [1.165, 1.54) is 32.8 Å². The van der Waals surface area contributed by atoms with Gasteiger partial charge in [-0.3, -0.25) is 0 Å². The smallest absolute Gasteiger partial charge is 0.0618 e. The third-order valence-corrected chi connectivity index (χ3v) is 5.42. The molecule has 5 rings (SSSR count). The molecule has 1 heteroatoms. The molecule has 0 aliphatic carbocycles. The minimum atomic E-state index is 1.16. The molecule has 0 bridgehead atoms. The second-order valence-electron chi connectivity index (χ2n) is 7.07. The Kier molecular flexibility index (Phi) is 4.06. The van der Waals surface area contributed by atoms with Crippen molar-refractivity contribution in [3.8, 4) is 0 Å². The Morgan fingerprint density at radius 3 is 1.21 bits per heavy atom. The molecule has 0 saturated carbocycles. The molecule has 5 aromatic rings. The van der Waals surface area contributed by atoms with Gasteiger partial charge >= 0.3 is 0 Å². The third-order valence-electron chi connectivity index (χ3n) is 5.42. The highest BCUT2D eigenvalue weighted by molar-refractivity contribution is 6.16. The molecule has 28 heavy (non-hydrogen) atoms. The summed E-state index contributed by atoms with van der Waals surface area (Å²) >= 11 is 0. The van der Waals surface area contributed by atoms with E-state index in [0.29, 0.717) is 0 Å². The summed E-state index contributed by atoms with van der Waals surface area (Å²) in [5.74, 6) is 0. The molecule has 1 nitrogen and oxygen atoms in total. The van der Waals surface area contributed by atoms with E-state index in [0.717, 1.165) is 11.4 Å². The summed E-state index contributed by atoms with van der Waals surface area (Å²) in [5.41, 5.74) is 4.88. The monoisotopic (exact) mass is 359 g/mol. The zero-order valence-corrected chi connectivity index (χ0v) is 15.8. The summed E-state index contributed by atoms with van der Waals surface area (Å²) in [6, 6.07) is 38.7. The first-order valence-corrected chi connectivity index (χ1v) is 9.65. The van der Waals surface area contributed by atoms with Crippen LogP contribution in [0.15, 0.2) is 109 Å². The summed E-state index contributed by atoms with van der Waals surface area (Å²) in [6.45, 7) is 2.23. The van der Waals surface area contributed by atoms with E-state index in [1.54, 1.807) is 0 Å². The van der Waals surface area contributed by atoms with Gasteiger partial charge in [-0.25, -0.2) is 0 Å². The van der Waals surface area contributed by atoms with Gasteiger partial charge in [0, 0.05) is 22.1 Å². The van der Waals surface area contributed by atoms with Crippen LogP contribution in [0, 0.1) is 6.92 Å². The first-order valence-electron chi connectivity index (χ1n) is 9.65. The van der Waals surface area contributed by atoms with Crippen LogP contribution < -0.4 is 4.90 Å². The topological polar surface area (TPSA) is 3.24 Å². The second kappa shape index (κ2) is 6.86. The average molecular weight is 359 g/mol. The Balaban J connectivity index is 1.95. The van der Waals surface area contributed by atoms with Gasteiger partial charge in [0.2, 0.25) is 0 Å². The van der Waals surface area contributed by atoms with E-state index in [9.17, 15) is 0 Å². The van der Waals surface area contributed by atoms with Crippen molar-refractivity contribution in [2.75, 3.05) is 4.90 Å². The number of para-hydroxylation sites is 2. The van der Waals surface area contributed by atoms with Gasteiger partial charge in [0.1, 0.15) is 0 Å². The van der Waals surface area contributed by atoms with Crippen LogP contribution in [0.3, 0.4) is 0 Å². The van der Waals surface area contributed by atoms with Crippen LogP contribution in [0.25, 0.3) is 21.5 Å². The van der Waals surface area contributed by atoms with Crippen molar-refractivity contribution in [1.82, 2.24) is 0 Å². The second-order valence-corrected chi connectivity index (χ2v) is 7.07. The maximum Gasteiger partial charge on any atom is 0.0618 e. The van der Waals surface area contributed by atoms with Crippen molar-refractivity contribution in [3.63, 3.8) is 0 Å². The molecule has 0 aliphatic rings. The van der Waals surface area contributed by atoms with Gasteiger partial charge in [-0.05, 0) is 47.5 Å². The quantitative estimate of drug-likeness (QED) is 0.297. The zero-order chi connectivity index (χ0) is 18.9. The van der Waals surface area contributed by atoms with Gasteiger partial charge < -0.3 is 4.90 Å². The van der Waals surface area contributed by atoms with Crippen LogP contribution in [0.1, 0.15) is 5.56 Å². The van der Waals surface area contributed by atoms with Gasteiger partial charge in [0.15, 0.2) is 0 Å². The van der Waals surface area contributed by atoms with E-state index >= 15 is 0 Å². The first-order chi connectivity index (χ1) is 13.8. The fourth-order valence-electron chi connectivity index (χ4n) is 4.13. The molecule has 0 fully saturated rings. The molecular weight excluding hydrogens is 338 g/mol. The first kappa shape index (κ1) is 16.6. The van der Waals surface area contributed by atoms with Crippen LogP contribution >= 0.6 is 0 Å². The minimum absolute atomic E-state index is 1.16. The van der Waals surface area contributed by atoms with E-state index in [2.05, 4.69) is 121 Å². The van der Waals surface area contributed by atoms with Crippen LogP contribution in [-0.2, 0) is 0 Å². The number of anilines is 3. The maximum atomic E-state index is 2.38. The molecule has 0 aromatic heterocycles. The number of hydrogen-bond donors (Lipinski definition) is 0. The summed E-state index contributed by atoms with van der Waals surface area (Å²) < 4.78 is 0. The molecule has 0 radical (unpaired) electrons. The lowest BCUT2D eigenvalue weighted by molar-refractivity contribution is 1.31. The standard InChI is InChI=1S/C27H21N/c1-20-23-16-8-10-18-25(23)27(26-19-11-9-17-24(20)26)28(21-12-4-2-5-13-21)22-14-6-3-7-15-22/h2-19H,1H3. The molecule has 0 saturated heterocycles. The van der Waals surface area contributed by atoms with Crippen LogP contribution in [0.2, 0.25) is 0 Å². The average Bonchev–Trinajstić information content (AvgIpc) is 2.78. The third kappa shape index (κ3) is 2.64. The van der Waals surface area contributed by atoms with Gasteiger partial charge in [-0.1, -0.05) is 84.9 Å². The normalized spacial score (nSPS) is 11.0. The van der Waals surface area contributed by atoms with Crippen molar-refractivity contribution in [1.29, 1.82) is 0 Å². The van der Waals surface area contributed by atoms with Gasteiger partial charge in [-0.15, -0.1) is 0 Å². The lowest BCUT2D eigenvalue weighted by Crippen LogP contribution is -2.11. The van der Waals surface area contributed by atoms with Crippen molar-refractivity contribution in [3.05, 3.63) is 115 Å². The number of benzene rings is 5. The Labute approximate surface area is 165 Å². The largest absolute Gasteiger partial charge is 0.309 e. The van der Waals surface area contributed by atoms with Crippen molar-refractivity contribution in [2.24, 2.45) is 0 Å². The maximum absolute atomic E-state index is 2.38. The SMILES string of the molecule is Cc1c2ccccc2c(N(c2ccccc2)c2ccccc2)c2ccccc12. The number of aryl methyl sites for hydroxylation is 1. The lowest BCUT2D eigenvalue weighted by atomic mass is 9.94. The number of fused-ring (bicyclic) bond motifs is 2. The minimum Gasteiger partial charge on any atom is -0.309 e. The van der Waals surface area contributed by atoms with Crippen LogP contribution in [-0.4, -0.2) is 0 Å². The molecule has 0 N–H and O–H groups in total. The molecule has 134 valence electrons. The summed E-state index contributed by atoms with van der Waals surface area (Å²) in [7, 11) is 0. The van der Waals surface area contributed by atoms with E-state index in [4.69, 9.17) is 0 Å². The molecule has 0 atom stereocenters. The Bertz CT molecular complexity index is 1160. The van der Waals surface area contributed by atoms with E-state index < -0.39 is 0 Å². The fraction of sp³-hybridized carbons (Fsp3) is 0.0370. The van der Waals surface area contributed by atoms with Gasteiger partial charge in [-0.2, -0.15) is 0 Å². The van der Waals surface area contributed by atoms with Crippen molar-refractivity contribution in [2.45, 2.75) is 6.92 Å². The fourth-order valence-corrected chi connectivity index (χ4v) is 4.13. The van der Waals surface area contributed by atoms with Crippen LogP contribution in [0.5, 0.6) is 0 Å². The Morgan fingerprint density at radius 2 is 0.786 bits per heavy atom. The molecule has 0 aliphatic heterocycles. The predicted octanol–water partition coefficient (Wildman–Crippen LogP) is 7.77. The van der Waals surface area contributed by atoms with Crippen LogP contribution in [0.4, 0.5) is 17.1 Å². The van der Waals surface area contributed by atoms with E-state index in [-0.39, 0.29) is 0 Å². The lowest BCUT2D eigenvalue weighted by Gasteiger charge is -2.29. The molecule has 5 aromatic carbocycles. The van der Waals surface area contributed by atoms with Crippen molar-refractivity contribution < 1.29 is 0 Å². The van der Waals surface area contributed by atoms with Gasteiger partial charge in [0.05, 0.1) is 5.69 Å². The summed E-state index contributed by atoms with van der Waals surface area (Å²) in [5, 5.41) is 5.14. The highest BCUT2D eigenvalue weighted by Gasteiger charge is 2.19. The highest BCUT2D eigenvalue weighted by Crippen LogP contribution is 2.44. The molecular formula is C27H21N. The Morgan fingerprint density at radius 1 is 0.429 bits per heavy atom. The summed E-state index contributed by atoms with van der Waals surface area (Å²) in [6.07, 6.45) is 0. The predicted molar refractivity (Wildman–Crippen MR) is 121 cm³/mol. The molecule has 0 heterocycles. The molecule has 0 spiro atoms. The zero-order valence-electron chi connectivity index (χ0n) is 15.8. The Hall–Kier alpha value is -3.58. The van der Waals surface area contributed by atoms with Crippen molar-refractivity contribution >= 4 is 38.6 Å². The van der Waals surface area contributed by atoms with E-state index in [1.807, 2.05) is 0 Å².